The molecule has 1 aromatic heterocycles. The molecule has 0 bridgehead atoms. The van der Waals surface area contributed by atoms with E-state index in [1.807, 2.05) is 24.3 Å². The molecule has 0 unspecified atom stereocenters. The van der Waals surface area contributed by atoms with Crippen molar-refractivity contribution in [2.75, 3.05) is 11.6 Å². The van der Waals surface area contributed by atoms with Crippen LogP contribution in [-0.4, -0.2) is 35.3 Å². The number of fused-ring (bicyclic) bond motifs is 1. The van der Waals surface area contributed by atoms with Crippen molar-refractivity contribution in [2.24, 2.45) is 0 Å². The van der Waals surface area contributed by atoms with Crippen molar-refractivity contribution < 1.29 is 13.2 Å². The van der Waals surface area contributed by atoms with E-state index in [0.29, 0.717) is 16.8 Å². The van der Waals surface area contributed by atoms with Crippen molar-refractivity contribution in [2.45, 2.75) is 44.0 Å². The standard InChI is InChI=1S/C22H24N4O3S/c1-15-7-12-18(30(2,28)29)14-19(15)22(27)23-17-10-8-16(9-11-17)21-25-24-20-6-4-3-5-13-26(20)21/h7-12,14H,3-6,13H2,1-2H3,(H,23,27). The fourth-order valence-electron chi connectivity index (χ4n) is 3.68. The number of hydrogen-bond donors (Lipinski definition) is 1. The van der Waals surface area contributed by atoms with Gasteiger partial charge in [0.05, 0.1) is 4.90 Å². The number of aromatic nitrogens is 3. The molecule has 0 fully saturated rings. The Balaban J connectivity index is 1.55. The van der Waals surface area contributed by atoms with Crippen LogP contribution >= 0.6 is 0 Å². The average Bonchev–Trinajstić information content (AvgIpc) is 2.96. The minimum atomic E-state index is -3.38. The molecule has 2 aromatic carbocycles. The molecule has 3 aromatic rings. The predicted molar refractivity (Wildman–Crippen MR) is 115 cm³/mol. The van der Waals surface area contributed by atoms with Gasteiger partial charge in [0, 0.05) is 36.0 Å². The van der Waals surface area contributed by atoms with E-state index >= 15 is 0 Å². The van der Waals surface area contributed by atoms with Gasteiger partial charge in [0.1, 0.15) is 5.82 Å². The Labute approximate surface area is 176 Å². The van der Waals surface area contributed by atoms with Crippen LogP contribution in [0.5, 0.6) is 0 Å². The van der Waals surface area contributed by atoms with E-state index in [1.54, 1.807) is 13.0 Å². The van der Waals surface area contributed by atoms with E-state index in [9.17, 15) is 13.2 Å². The molecule has 1 amide bonds. The van der Waals surface area contributed by atoms with E-state index in [4.69, 9.17) is 0 Å². The average molecular weight is 425 g/mol. The second kappa shape index (κ2) is 8.02. The third-order valence-electron chi connectivity index (χ3n) is 5.39. The lowest BCUT2D eigenvalue weighted by molar-refractivity contribution is 0.102. The van der Waals surface area contributed by atoms with Gasteiger partial charge in [-0.3, -0.25) is 4.79 Å². The number of carbonyl (C=O) groups is 1. The molecule has 156 valence electrons. The molecule has 1 N–H and O–H groups in total. The SMILES string of the molecule is Cc1ccc(S(C)(=O)=O)cc1C(=O)Nc1ccc(-c2nnc3n2CCCCC3)cc1. The van der Waals surface area contributed by atoms with Crippen molar-refractivity contribution >= 4 is 21.4 Å². The molecule has 4 rings (SSSR count). The monoisotopic (exact) mass is 424 g/mol. The molecule has 30 heavy (non-hydrogen) atoms. The maximum absolute atomic E-state index is 12.7. The molecule has 0 aliphatic carbocycles. The Bertz CT molecular complexity index is 1200. The minimum absolute atomic E-state index is 0.126. The fraction of sp³-hybridized carbons (Fsp3) is 0.318. The molecule has 7 nitrogen and oxygen atoms in total. The Hall–Kier alpha value is -3.00. The van der Waals surface area contributed by atoms with Gasteiger partial charge in [0.15, 0.2) is 15.7 Å². The highest BCUT2D eigenvalue weighted by molar-refractivity contribution is 7.90. The van der Waals surface area contributed by atoms with Crippen LogP contribution in [0.3, 0.4) is 0 Å². The molecule has 1 aliphatic heterocycles. The first-order valence-corrected chi connectivity index (χ1v) is 11.9. The number of anilines is 1. The Kier molecular flexibility index (Phi) is 5.42. The van der Waals surface area contributed by atoms with Gasteiger partial charge >= 0.3 is 0 Å². The lowest BCUT2D eigenvalue weighted by Crippen LogP contribution is -2.14. The van der Waals surface area contributed by atoms with Crippen molar-refractivity contribution in [3.63, 3.8) is 0 Å². The van der Waals surface area contributed by atoms with E-state index in [2.05, 4.69) is 20.1 Å². The molecule has 0 radical (unpaired) electrons. The first-order chi connectivity index (χ1) is 14.3. The summed E-state index contributed by atoms with van der Waals surface area (Å²) < 4.78 is 25.8. The van der Waals surface area contributed by atoms with Gasteiger partial charge in [0.25, 0.3) is 5.91 Å². The molecule has 8 heteroatoms. The third kappa shape index (κ3) is 4.14. The van der Waals surface area contributed by atoms with E-state index in [1.165, 1.54) is 18.6 Å². The van der Waals surface area contributed by atoms with Gasteiger partial charge in [-0.15, -0.1) is 10.2 Å². The number of amides is 1. The number of benzene rings is 2. The summed E-state index contributed by atoms with van der Waals surface area (Å²) in [6.45, 7) is 2.70. The zero-order valence-corrected chi connectivity index (χ0v) is 17.9. The van der Waals surface area contributed by atoms with E-state index in [0.717, 1.165) is 49.3 Å². The molecular weight excluding hydrogens is 400 g/mol. The van der Waals surface area contributed by atoms with E-state index < -0.39 is 9.84 Å². The molecule has 1 aliphatic rings. The smallest absolute Gasteiger partial charge is 0.255 e. The first kappa shape index (κ1) is 20.3. The Morgan fingerprint density at radius 2 is 1.80 bits per heavy atom. The summed E-state index contributed by atoms with van der Waals surface area (Å²) in [5.74, 6) is 1.53. The molecule has 0 saturated carbocycles. The molecular formula is C22H24N4O3S. The van der Waals surface area contributed by atoms with Crippen LogP contribution in [0.15, 0.2) is 47.4 Å². The van der Waals surface area contributed by atoms with Crippen LogP contribution in [-0.2, 0) is 22.8 Å². The summed E-state index contributed by atoms with van der Waals surface area (Å²) in [5, 5.41) is 11.5. The lowest BCUT2D eigenvalue weighted by atomic mass is 10.1. The summed E-state index contributed by atoms with van der Waals surface area (Å²) in [7, 11) is -3.38. The molecule has 0 saturated heterocycles. The van der Waals surface area contributed by atoms with Crippen molar-refractivity contribution in [3.05, 3.63) is 59.4 Å². The number of sulfone groups is 1. The molecule has 2 heterocycles. The Morgan fingerprint density at radius 1 is 1.03 bits per heavy atom. The summed E-state index contributed by atoms with van der Waals surface area (Å²) in [5.41, 5.74) is 2.62. The first-order valence-electron chi connectivity index (χ1n) is 9.97. The summed E-state index contributed by atoms with van der Waals surface area (Å²) >= 11 is 0. The summed E-state index contributed by atoms with van der Waals surface area (Å²) in [4.78, 5) is 12.9. The van der Waals surface area contributed by atoms with Crippen LogP contribution in [0.4, 0.5) is 5.69 Å². The van der Waals surface area contributed by atoms with Gasteiger partial charge in [0.2, 0.25) is 0 Å². The quantitative estimate of drug-likeness (QED) is 0.690. The maximum atomic E-state index is 12.7. The van der Waals surface area contributed by atoms with Crippen molar-refractivity contribution in [1.29, 1.82) is 0 Å². The van der Waals surface area contributed by atoms with Crippen LogP contribution in [0.1, 0.15) is 41.0 Å². The van der Waals surface area contributed by atoms with Crippen molar-refractivity contribution in [1.82, 2.24) is 14.8 Å². The topological polar surface area (TPSA) is 93.9 Å². The normalized spacial score (nSPS) is 14.1. The van der Waals surface area contributed by atoms with Crippen molar-refractivity contribution in [3.8, 4) is 11.4 Å². The number of nitrogens with zero attached hydrogens (tertiary/aromatic N) is 3. The van der Waals surface area contributed by atoms with Gasteiger partial charge < -0.3 is 9.88 Å². The number of rotatable bonds is 4. The third-order valence-corrected chi connectivity index (χ3v) is 6.50. The second-order valence-corrected chi connectivity index (χ2v) is 9.70. The number of carbonyl (C=O) groups excluding carboxylic acids is 1. The summed E-state index contributed by atoms with van der Waals surface area (Å²) in [6.07, 6.45) is 5.55. The Morgan fingerprint density at radius 3 is 2.53 bits per heavy atom. The lowest BCUT2D eigenvalue weighted by Gasteiger charge is -2.10. The van der Waals surface area contributed by atoms with Gasteiger partial charge in [-0.25, -0.2) is 8.42 Å². The van der Waals surface area contributed by atoms with Crippen LogP contribution in [0.2, 0.25) is 0 Å². The van der Waals surface area contributed by atoms with E-state index in [-0.39, 0.29) is 10.8 Å². The summed E-state index contributed by atoms with van der Waals surface area (Å²) in [6, 6.07) is 12.0. The van der Waals surface area contributed by atoms with Gasteiger partial charge in [-0.1, -0.05) is 12.5 Å². The largest absolute Gasteiger partial charge is 0.322 e. The molecule has 0 spiro atoms. The zero-order chi connectivity index (χ0) is 21.3. The van der Waals surface area contributed by atoms with Crippen LogP contribution < -0.4 is 5.32 Å². The highest BCUT2D eigenvalue weighted by atomic mass is 32.2. The highest BCUT2D eigenvalue weighted by Crippen LogP contribution is 2.24. The maximum Gasteiger partial charge on any atom is 0.255 e. The highest BCUT2D eigenvalue weighted by Gasteiger charge is 2.17. The van der Waals surface area contributed by atoms with Gasteiger partial charge in [-0.2, -0.15) is 0 Å². The van der Waals surface area contributed by atoms with Crippen LogP contribution in [0, 0.1) is 6.92 Å². The predicted octanol–water partition coefficient (Wildman–Crippen LogP) is 3.64. The zero-order valence-electron chi connectivity index (χ0n) is 17.1. The van der Waals surface area contributed by atoms with Gasteiger partial charge in [-0.05, 0) is 61.7 Å². The van der Waals surface area contributed by atoms with Crippen LogP contribution in [0.25, 0.3) is 11.4 Å². The second-order valence-electron chi connectivity index (χ2n) is 7.68. The molecule has 0 atom stereocenters. The fourth-order valence-corrected chi connectivity index (χ4v) is 4.32. The number of nitrogens with one attached hydrogen (secondary N) is 1. The number of hydrogen-bond acceptors (Lipinski definition) is 5. The number of aryl methyl sites for hydroxylation is 2. The minimum Gasteiger partial charge on any atom is -0.322 e.